The molecule has 0 spiro atoms. The van der Waals surface area contributed by atoms with Crippen LogP contribution >= 0.6 is 0 Å². The number of nitrogens with zero attached hydrogens (tertiary/aromatic N) is 3. The Morgan fingerprint density at radius 1 is 1.21 bits per heavy atom. The minimum absolute atomic E-state index is 0.116. The first-order valence-electron chi connectivity index (χ1n) is 7.70. The van der Waals surface area contributed by atoms with Crippen LogP contribution in [0.4, 0.5) is 0 Å². The molecule has 122 valence electrons. The van der Waals surface area contributed by atoms with Crippen molar-refractivity contribution in [2.24, 2.45) is 0 Å². The minimum Gasteiger partial charge on any atom is -0.243 e. The van der Waals surface area contributed by atoms with Crippen LogP contribution in [-0.2, 0) is 16.4 Å². The highest BCUT2D eigenvalue weighted by molar-refractivity contribution is 7.90. The Bertz CT molecular complexity index is 1040. The zero-order chi connectivity index (χ0) is 17.3. The van der Waals surface area contributed by atoms with Crippen LogP contribution in [0.25, 0.3) is 10.9 Å². The predicted molar refractivity (Wildman–Crippen MR) is 92.2 cm³/mol. The monoisotopic (exact) mass is 339 g/mol. The molecule has 24 heavy (non-hydrogen) atoms. The highest BCUT2D eigenvalue weighted by Crippen LogP contribution is 2.27. The zero-order valence-corrected chi connectivity index (χ0v) is 14.3. The molecule has 0 N–H and O–H groups in total. The molecule has 0 amide bonds. The third kappa shape index (κ3) is 2.57. The molecule has 0 bridgehead atoms. The van der Waals surface area contributed by atoms with Gasteiger partial charge in [-0.25, -0.2) is 17.4 Å². The van der Waals surface area contributed by atoms with Gasteiger partial charge in [0.05, 0.1) is 4.90 Å². The molecule has 0 unspecified atom stereocenters. The molecule has 2 heterocycles. The SMILES string of the molecule is CCCc1cnc(C#N)c2c1ccn2S(=O)(=O)c1ccc(C)cc1. The number of hydrogen-bond donors (Lipinski definition) is 0. The van der Waals surface area contributed by atoms with E-state index >= 15 is 0 Å². The van der Waals surface area contributed by atoms with Crippen molar-refractivity contribution < 1.29 is 8.42 Å². The third-order valence-corrected chi connectivity index (χ3v) is 5.66. The van der Waals surface area contributed by atoms with Gasteiger partial charge in [0.25, 0.3) is 10.0 Å². The fourth-order valence-electron chi connectivity index (χ4n) is 2.75. The lowest BCUT2D eigenvalue weighted by atomic mass is 10.1. The van der Waals surface area contributed by atoms with Crippen LogP contribution in [0.2, 0.25) is 0 Å². The molecule has 0 saturated heterocycles. The van der Waals surface area contributed by atoms with Gasteiger partial charge in [-0.2, -0.15) is 5.26 Å². The molecule has 3 aromatic rings. The molecular formula is C18H17N3O2S. The van der Waals surface area contributed by atoms with Gasteiger partial charge in [-0.05, 0) is 37.1 Å². The maximum absolute atomic E-state index is 13.0. The number of benzene rings is 1. The maximum atomic E-state index is 13.0. The Morgan fingerprint density at radius 3 is 2.54 bits per heavy atom. The number of fused-ring (bicyclic) bond motifs is 1. The fourth-order valence-corrected chi connectivity index (χ4v) is 4.11. The van der Waals surface area contributed by atoms with Gasteiger partial charge in [-0.15, -0.1) is 0 Å². The first-order valence-corrected chi connectivity index (χ1v) is 9.14. The molecular weight excluding hydrogens is 322 g/mol. The summed E-state index contributed by atoms with van der Waals surface area (Å²) in [5.41, 5.74) is 2.40. The maximum Gasteiger partial charge on any atom is 0.268 e. The normalized spacial score (nSPS) is 11.5. The number of hydrogen-bond acceptors (Lipinski definition) is 4. The summed E-state index contributed by atoms with van der Waals surface area (Å²) in [5.74, 6) is 0. The largest absolute Gasteiger partial charge is 0.268 e. The zero-order valence-electron chi connectivity index (χ0n) is 13.5. The summed E-state index contributed by atoms with van der Waals surface area (Å²) < 4.78 is 27.1. The van der Waals surface area contributed by atoms with Crippen molar-refractivity contribution in [3.63, 3.8) is 0 Å². The van der Waals surface area contributed by atoms with E-state index in [1.165, 1.54) is 6.20 Å². The van der Waals surface area contributed by atoms with Gasteiger partial charge in [-0.1, -0.05) is 31.0 Å². The minimum atomic E-state index is -3.78. The summed E-state index contributed by atoms with van der Waals surface area (Å²) in [4.78, 5) is 4.34. The topological polar surface area (TPSA) is 75.8 Å². The van der Waals surface area contributed by atoms with Gasteiger partial charge in [-0.3, -0.25) is 0 Å². The molecule has 6 heteroatoms. The quantitative estimate of drug-likeness (QED) is 0.730. The number of rotatable bonds is 4. The second-order valence-corrected chi connectivity index (χ2v) is 7.50. The number of pyridine rings is 1. The van der Waals surface area contributed by atoms with Crippen molar-refractivity contribution in [3.8, 4) is 6.07 Å². The van der Waals surface area contributed by atoms with Crippen molar-refractivity contribution in [2.45, 2.75) is 31.6 Å². The smallest absolute Gasteiger partial charge is 0.243 e. The van der Waals surface area contributed by atoms with E-state index < -0.39 is 10.0 Å². The van der Waals surface area contributed by atoms with Crippen molar-refractivity contribution in [1.29, 1.82) is 5.26 Å². The van der Waals surface area contributed by atoms with Crippen LogP contribution in [0.1, 0.15) is 30.2 Å². The second-order valence-electron chi connectivity index (χ2n) is 5.69. The molecule has 5 nitrogen and oxygen atoms in total. The van der Waals surface area contributed by atoms with Crippen molar-refractivity contribution in [3.05, 3.63) is 59.5 Å². The Kier molecular flexibility index (Phi) is 4.12. The molecule has 0 aliphatic rings. The van der Waals surface area contributed by atoms with Gasteiger partial charge in [0.15, 0.2) is 5.69 Å². The van der Waals surface area contributed by atoms with Gasteiger partial charge in [0, 0.05) is 17.8 Å². The lowest BCUT2D eigenvalue weighted by molar-refractivity contribution is 0.589. The number of aryl methyl sites for hydroxylation is 2. The van der Waals surface area contributed by atoms with Gasteiger partial charge < -0.3 is 0 Å². The van der Waals surface area contributed by atoms with Crippen LogP contribution < -0.4 is 0 Å². The molecule has 0 aliphatic heterocycles. The summed E-state index contributed by atoms with van der Waals surface area (Å²) in [5, 5.41) is 10.1. The number of nitriles is 1. The van der Waals surface area contributed by atoms with E-state index in [-0.39, 0.29) is 10.6 Å². The summed E-state index contributed by atoms with van der Waals surface area (Å²) in [6.07, 6.45) is 4.86. The van der Waals surface area contributed by atoms with E-state index in [0.717, 1.165) is 33.3 Å². The predicted octanol–water partition coefficient (Wildman–Crippen LogP) is 3.41. The molecule has 3 rings (SSSR count). The van der Waals surface area contributed by atoms with E-state index in [4.69, 9.17) is 0 Å². The summed E-state index contributed by atoms with van der Waals surface area (Å²) in [6.45, 7) is 3.94. The second kappa shape index (κ2) is 6.10. The highest BCUT2D eigenvalue weighted by atomic mass is 32.2. The van der Waals surface area contributed by atoms with E-state index in [1.807, 2.05) is 19.9 Å². The first kappa shape index (κ1) is 16.2. The van der Waals surface area contributed by atoms with Crippen LogP contribution in [0.3, 0.4) is 0 Å². The average molecular weight is 339 g/mol. The standard InChI is InChI=1S/C18H17N3O2S/c1-3-4-14-12-20-17(11-19)18-16(14)9-10-21(18)24(22,23)15-7-5-13(2)6-8-15/h5-10,12H,3-4H2,1-2H3. The summed E-state index contributed by atoms with van der Waals surface area (Å²) in [7, 11) is -3.78. The molecule has 0 fully saturated rings. The summed E-state index contributed by atoms with van der Waals surface area (Å²) in [6, 6.07) is 10.4. The van der Waals surface area contributed by atoms with Crippen LogP contribution in [0.15, 0.2) is 47.6 Å². The molecule has 0 atom stereocenters. The summed E-state index contributed by atoms with van der Waals surface area (Å²) >= 11 is 0. The fraction of sp³-hybridized carbons (Fsp3) is 0.222. The molecule has 0 radical (unpaired) electrons. The lowest BCUT2D eigenvalue weighted by Gasteiger charge is -2.09. The average Bonchev–Trinajstić information content (AvgIpc) is 3.02. The Morgan fingerprint density at radius 2 is 1.92 bits per heavy atom. The van der Waals surface area contributed by atoms with Gasteiger partial charge >= 0.3 is 0 Å². The van der Waals surface area contributed by atoms with E-state index in [2.05, 4.69) is 4.98 Å². The first-order chi connectivity index (χ1) is 11.5. The van der Waals surface area contributed by atoms with E-state index in [0.29, 0.717) is 5.52 Å². The van der Waals surface area contributed by atoms with Crippen LogP contribution in [-0.4, -0.2) is 17.4 Å². The van der Waals surface area contributed by atoms with Crippen molar-refractivity contribution in [2.75, 3.05) is 0 Å². The lowest BCUT2D eigenvalue weighted by Crippen LogP contribution is -2.13. The Balaban J connectivity index is 2.29. The van der Waals surface area contributed by atoms with Crippen molar-refractivity contribution in [1.82, 2.24) is 8.96 Å². The Hall–Kier alpha value is -2.65. The molecule has 0 aliphatic carbocycles. The van der Waals surface area contributed by atoms with Gasteiger partial charge in [0.2, 0.25) is 0 Å². The number of aromatic nitrogens is 2. The highest BCUT2D eigenvalue weighted by Gasteiger charge is 2.22. The Labute approximate surface area is 141 Å². The van der Waals surface area contributed by atoms with Crippen molar-refractivity contribution >= 4 is 20.9 Å². The molecule has 2 aromatic heterocycles. The van der Waals surface area contributed by atoms with E-state index in [9.17, 15) is 13.7 Å². The molecule has 1 aromatic carbocycles. The third-order valence-electron chi connectivity index (χ3n) is 3.97. The van der Waals surface area contributed by atoms with Gasteiger partial charge in [0.1, 0.15) is 11.6 Å². The van der Waals surface area contributed by atoms with E-state index in [1.54, 1.807) is 36.5 Å². The van der Waals surface area contributed by atoms with Crippen LogP contribution in [0.5, 0.6) is 0 Å². The molecule has 0 saturated carbocycles. The van der Waals surface area contributed by atoms with Crippen LogP contribution in [0, 0.1) is 18.3 Å².